The minimum atomic E-state index is -0.300. The highest BCUT2D eigenvalue weighted by Crippen LogP contribution is 2.22. The van der Waals surface area contributed by atoms with Crippen LogP contribution in [0.2, 0.25) is 0 Å². The first-order valence-electron chi connectivity index (χ1n) is 11.7. The number of rotatable bonds is 6. The number of thiazole rings is 1. The van der Waals surface area contributed by atoms with E-state index in [4.69, 9.17) is 4.74 Å². The van der Waals surface area contributed by atoms with Crippen LogP contribution in [0, 0.1) is 6.92 Å². The lowest BCUT2D eigenvalue weighted by Gasteiger charge is -2.35. The Morgan fingerprint density at radius 1 is 1.06 bits per heavy atom. The molecular weight excluding hydrogens is 438 g/mol. The average molecular weight is 472 g/mol. The summed E-state index contributed by atoms with van der Waals surface area (Å²) in [6.45, 7) is 9.10. The number of anilines is 1. The molecule has 8 nitrogen and oxygen atoms in total. The van der Waals surface area contributed by atoms with Crippen molar-refractivity contribution in [3.63, 3.8) is 0 Å². The molecule has 4 rings (SSSR count). The van der Waals surface area contributed by atoms with E-state index in [1.165, 1.54) is 0 Å². The molecule has 0 radical (unpaired) electrons. The second-order valence-electron chi connectivity index (χ2n) is 8.53. The molecule has 9 heteroatoms. The molecule has 1 aromatic heterocycles. The molecule has 0 aliphatic carbocycles. The van der Waals surface area contributed by atoms with Crippen LogP contribution in [-0.2, 0) is 11.3 Å². The Labute approximate surface area is 199 Å². The molecular formula is C24H33N5O3S. The Bertz CT molecular complexity index is 932. The number of ether oxygens (including phenoxy) is 1. The Morgan fingerprint density at radius 2 is 1.73 bits per heavy atom. The van der Waals surface area contributed by atoms with Crippen molar-refractivity contribution in [2.45, 2.75) is 39.3 Å². The predicted octanol–water partition coefficient (Wildman–Crippen LogP) is 3.12. The van der Waals surface area contributed by atoms with Gasteiger partial charge in [-0.2, -0.15) is 0 Å². The predicted molar refractivity (Wildman–Crippen MR) is 130 cm³/mol. The molecule has 1 N–H and O–H groups in total. The topological polar surface area (TPSA) is 78.0 Å². The molecule has 2 fully saturated rings. The number of piperazine rings is 1. The second-order valence-corrected chi connectivity index (χ2v) is 9.59. The molecule has 0 atom stereocenters. The van der Waals surface area contributed by atoms with Crippen molar-refractivity contribution in [2.75, 3.05) is 50.8 Å². The third-order valence-corrected chi connectivity index (χ3v) is 7.13. The minimum Gasteiger partial charge on any atom is -0.450 e. The van der Waals surface area contributed by atoms with E-state index >= 15 is 0 Å². The number of amides is 2. The number of carbonyl (C=O) groups is 2. The molecule has 0 spiro atoms. The fourth-order valence-electron chi connectivity index (χ4n) is 4.38. The molecule has 0 saturated carbocycles. The quantitative estimate of drug-likeness (QED) is 0.698. The standard InChI is InChI=1S/C24H33N5O3S/c1-3-32-24(31)29-14-12-28(13-15-29)23(30)19-4-6-22(7-5-19)27-10-8-20(9-11-27)25-16-21-17-33-18(2)26-21/h4-7,17,20,25H,3,8-16H2,1-2H3. The third kappa shape index (κ3) is 6.03. The lowest BCUT2D eigenvalue weighted by molar-refractivity contribution is 0.0570. The van der Waals surface area contributed by atoms with Crippen LogP contribution < -0.4 is 10.2 Å². The maximum Gasteiger partial charge on any atom is 0.409 e. The van der Waals surface area contributed by atoms with Crippen LogP contribution in [0.25, 0.3) is 0 Å². The summed E-state index contributed by atoms with van der Waals surface area (Å²) in [7, 11) is 0. The van der Waals surface area contributed by atoms with Crippen LogP contribution in [-0.4, -0.2) is 78.7 Å². The number of benzene rings is 1. The number of carbonyl (C=O) groups excluding carboxylic acids is 2. The maximum absolute atomic E-state index is 12.9. The molecule has 2 saturated heterocycles. The van der Waals surface area contributed by atoms with Crippen LogP contribution in [0.4, 0.5) is 10.5 Å². The number of aromatic nitrogens is 1. The van der Waals surface area contributed by atoms with Gasteiger partial charge in [-0.1, -0.05) is 0 Å². The van der Waals surface area contributed by atoms with E-state index in [2.05, 4.69) is 20.6 Å². The molecule has 3 heterocycles. The van der Waals surface area contributed by atoms with Crippen LogP contribution in [0.5, 0.6) is 0 Å². The summed E-state index contributed by atoms with van der Waals surface area (Å²) in [4.78, 5) is 35.1. The zero-order chi connectivity index (χ0) is 23.2. The van der Waals surface area contributed by atoms with E-state index in [0.717, 1.165) is 48.9 Å². The molecule has 1 aromatic carbocycles. The SMILES string of the molecule is CCOC(=O)N1CCN(C(=O)c2ccc(N3CCC(NCc4csc(C)n4)CC3)cc2)CC1. The molecule has 33 heavy (non-hydrogen) atoms. The number of nitrogens with one attached hydrogen (secondary N) is 1. The summed E-state index contributed by atoms with van der Waals surface area (Å²) in [5.74, 6) is 0.0187. The van der Waals surface area contributed by atoms with Gasteiger partial charge in [-0.3, -0.25) is 4.79 Å². The van der Waals surface area contributed by atoms with E-state index in [9.17, 15) is 9.59 Å². The first-order chi connectivity index (χ1) is 16.0. The van der Waals surface area contributed by atoms with Gasteiger partial charge < -0.3 is 24.8 Å². The Morgan fingerprint density at radius 3 is 2.33 bits per heavy atom. The highest BCUT2D eigenvalue weighted by atomic mass is 32.1. The fourth-order valence-corrected chi connectivity index (χ4v) is 5.00. The molecule has 2 aliphatic heterocycles. The average Bonchev–Trinajstić information content (AvgIpc) is 3.28. The van der Waals surface area contributed by atoms with Crippen LogP contribution in [0.3, 0.4) is 0 Å². The van der Waals surface area contributed by atoms with Gasteiger partial charge in [0.25, 0.3) is 5.91 Å². The number of aryl methyl sites for hydroxylation is 1. The van der Waals surface area contributed by atoms with Crippen molar-refractivity contribution >= 4 is 29.0 Å². The van der Waals surface area contributed by atoms with E-state index in [-0.39, 0.29) is 12.0 Å². The first-order valence-corrected chi connectivity index (χ1v) is 12.6. The molecule has 2 amide bonds. The van der Waals surface area contributed by atoms with Gasteiger partial charge in [-0.15, -0.1) is 11.3 Å². The summed E-state index contributed by atoms with van der Waals surface area (Å²) in [6.07, 6.45) is 1.88. The van der Waals surface area contributed by atoms with Crippen molar-refractivity contribution in [2.24, 2.45) is 0 Å². The van der Waals surface area contributed by atoms with Gasteiger partial charge in [0, 0.05) is 68.5 Å². The summed E-state index contributed by atoms with van der Waals surface area (Å²) in [5, 5.41) is 6.87. The fraction of sp³-hybridized carbons (Fsp3) is 0.542. The van der Waals surface area contributed by atoms with Gasteiger partial charge >= 0.3 is 6.09 Å². The Hall–Kier alpha value is -2.65. The maximum atomic E-state index is 12.9. The number of piperidine rings is 1. The van der Waals surface area contributed by atoms with Crippen molar-refractivity contribution < 1.29 is 14.3 Å². The number of hydrogen-bond donors (Lipinski definition) is 1. The summed E-state index contributed by atoms with van der Waals surface area (Å²) in [5.41, 5.74) is 2.98. The zero-order valence-corrected chi connectivity index (χ0v) is 20.3. The van der Waals surface area contributed by atoms with Crippen molar-refractivity contribution in [1.29, 1.82) is 0 Å². The van der Waals surface area contributed by atoms with Crippen LogP contribution in [0.15, 0.2) is 29.6 Å². The van der Waals surface area contributed by atoms with E-state index in [0.29, 0.717) is 44.4 Å². The largest absolute Gasteiger partial charge is 0.450 e. The highest BCUT2D eigenvalue weighted by molar-refractivity contribution is 7.09. The Kier molecular flexibility index (Phi) is 7.82. The summed E-state index contributed by atoms with van der Waals surface area (Å²) in [6, 6.07) is 8.45. The van der Waals surface area contributed by atoms with Gasteiger partial charge in [0.2, 0.25) is 0 Å². The van der Waals surface area contributed by atoms with E-state index in [1.54, 1.807) is 23.2 Å². The van der Waals surface area contributed by atoms with Gasteiger partial charge in [0.05, 0.1) is 17.3 Å². The van der Waals surface area contributed by atoms with Crippen LogP contribution >= 0.6 is 11.3 Å². The number of nitrogens with zero attached hydrogens (tertiary/aromatic N) is 4. The minimum absolute atomic E-state index is 0.0187. The molecule has 178 valence electrons. The highest BCUT2D eigenvalue weighted by Gasteiger charge is 2.26. The van der Waals surface area contributed by atoms with Gasteiger partial charge in [-0.25, -0.2) is 9.78 Å². The lowest BCUT2D eigenvalue weighted by atomic mass is 10.0. The van der Waals surface area contributed by atoms with Gasteiger partial charge in [0.15, 0.2) is 0 Å². The normalized spacial score (nSPS) is 17.3. The van der Waals surface area contributed by atoms with E-state index < -0.39 is 0 Å². The summed E-state index contributed by atoms with van der Waals surface area (Å²) >= 11 is 1.70. The molecule has 0 bridgehead atoms. The lowest BCUT2D eigenvalue weighted by Crippen LogP contribution is -2.50. The smallest absolute Gasteiger partial charge is 0.409 e. The third-order valence-electron chi connectivity index (χ3n) is 6.31. The molecule has 2 aromatic rings. The van der Waals surface area contributed by atoms with Crippen molar-refractivity contribution in [3.05, 3.63) is 45.9 Å². The van der Waals surface area contributed by atoms with Crippen LogP contribution in [0.1, 0.15) is 40.8 Å². The molecule has 2 aliphatic rings. The second kappa shape index (κ2) is 11.0. The summed E-state index contributed by atoms with van der Waals surface area (Å²) < 4.78 is 5.05. The first kappa shape index (κ1) is 23.5. The monoisotopic (exact) mass is 471 g/mol. The van der Waals surface area contributed by atoms with Crippen molar-refractivity contribution in [3.8, 4) is 0 Å². The van der Waals surface area contributed by atoms with E-state index in [1.807, 2.05) is 36.1 Å². The molecule has 0 unspecified atom stereocenters. The zero-order valence-electron chi connectivity index (χ0n) is 19.5. The van der Waals surface area contributed by atoms with Gasteiger partial charge in [0.1, 0.15) is 0 Å². The van der Waals surface area contributed by atoms with Crippen molar-refractivity contribution in [1.82, 2.24) is 20.1 Å². The van der Waals surface area contributed by atoms with Gasteiger partial charge in [-0.05, 0) is 51.0 Å². The number of hydrogen-bond acceptors (Lipinski definition) is 7. The Balaban J connectivity index is 1.23.